The van der Waals surface area contributed by atoms with Gasteiger partial charge in [-0.25, -0.2) is 9.97 Å². The average molecular weight is 389 g/mol. The molecule has 2 aromatic heterocycles. The van der Waals surface area contributed by atoms with Gasteiger partial charge in [-0.2, -0.15) is 0 Å². The number of hydrogen-bond acceptors (Lipinski definition) is 4. The van der Waals surface area contributed by atoms with Crippen molar-refractivity contribution >= 4 is 34.2 Å². The van der Waals surface area contributed by atoms with Gasteiger partial charge in [0.2, 0.25) is 0 Å². The maximum atomic E-state index is 12.9. The van der Waals surface area contributed by atoms with Crippen LogP contribution in [-0.4, -0.2) is 20.3 Å². The second kappa shape index (κ2) is 6.46. The first-order chi connectivity index (χ1) is 13.6. The molecule has 4 aromatic rings. The van der Waals surface area contributed by atoms with Crippen molar-refractivity contribution < 1.29 is 4.79 Å². The van der Waals surface area contributed by atoms with Crippen molar-refractivity contribution in [2.75, 3.05) is 5.73 Å². The molecule has 1 aliphatic rings. The van der Waals surface area contributed by atoms with E-state index in [0.29, 0.717) is 40.3 Å². The van der Waals surface area contributed by atoms with Crippen LogP contribution >= 0.6 is 11.6 Å². The lowest BCUT2D eigenvalue weighted by Gasteiger charge is -2.24. The zero-order chi connectivity index (χ0) is 19.3. The Morgan fingerprint density at radius 2 is 1.89 bits per heavy atom. The normalized spacial score (nSPS) is 16.3. The molecule has 5 rings (SSSR count). The second-order valence-electron chi connectivity index (χ2n) is 7.05. The number of pyridine rings is 1. The monoisotopic (exact) mass is 388 g/mol. The van der Waals surface area contributed by atoms with Crippen molar-refractivity contribution in [1.29, 1.82) is 0 Å². The molecule has 0 spiro atoms. The summed E-state index contributed by atoms with van der Waals surface area (Å²) >= 11 is 6.15. The lowest BCUT2D eigenvalue weighted by Crippen LogP contribution is -2.22. The number of para-hydroxylation sites is 1. The fourth-order valence-corrected chi connectivity index (χ4v) is 4.16. The summed E-state index contributed by atoms with van der Waals surface area (Å²) in [7, 11) is 0. The lowest BCUT2D eigenvalue weighted by molar-refractivity contribution is 0.0964. The van der Waals surface area contributed by atoms with Crippen LogP contribution in [0.2, 0.25) is 5.02 Å². The predicted octanol–water partition coefficient (Wildman–Crippen LogP) is 4.57. The van der Waals surface area contributed by atoms with Crippen molar-refractivity contribution in [3.8, 4) is 5.69 Å². The Kier molecular flexibility index (Phi) is 3.91. The van der Waals surface area contributed by atoms with Gasteiger partial charge < -0.3 is 5.73 Å². The third kappa shape index (κ3) is 2.67. The second-order valence-corrected chi connectivity index (χ2v) is 7.49. The van der Waals surface area contributed by atoms with E-state index in [1.807, 2.05) is 59.2 Å². The molecule has 2 heterocycles. The zero-order valence-corrected chi connectivity index (χ0v) is 15.7. The number of aromatic nitrogens is 3. The molecule has 0 unspecified atom stereocenters. The highest BCUT2D eigenvalue weighted by Crippen LogP contribution is 2.37. The molecule has 138 valence electrons. The van der Waals surface area contributed by atoms with Crippen LogP contribution in [0.4, 0.5) is 5.69 Å². The number of imidazole rings is 1. The third-order valence-electron chi connectivity index (χ3n) is 5.30. The third-order valence-corrected chi connectivity index (χ3v) is 5.54. The van der Waals surface area contributed by atoms with E-state index in [9.17, 15) is 4.79 Å². The molecule has 1 aliphatic carbocycles. The first-order valence-electron chi connectivity index (χ1n) is 9.11. The van der Waals surface area contributed by atoms with Crippen LogP contribution in [0, 0.1) is 0 Å². The summed E-state index contributed by atoms with van der Waals surface area (Å²) in [5.74, 6) is 0.0449. The summed E-state index contributed by atoms with van der Waals surface area (Å²) in [6.45, 7) is 0. The minimum atomic E-state index is 0.00684. The highest BCUT2D eigenvalue weighted by molar-refractivity contribution is 6.30. The number of Topliss-reactive ketones (excluding diaryl/α,β-unsaturated/α-hetero) is 1. The van der Waals surface area contributed by atoms with Gasteiger partial charge in [0.25, 0.3) is 0 Å². The Morgan fingerprint density at radius 3 is 2.68 bits per heavy atom. The smallest absolute Gasteiger partial charge is 0.167 e. The van der Waals surface area contributed by atoms with E-state index in [0.717, 1.165) is 16.9 Å². The fraction of sp³-hybridized carbons (Fsp3) is 0.136. The van der Waals surface area contributed by atoms with Crippen LogP contribution in [0.3, 0.4) is 0 Å². The van der Waals surface area contributed by atoms with E-state index in [1.165, 1.54) is 0 Å². The molecular weight excluding hydrogens is 372 g/mol. The van der Waals surface area contributed by atoms with Crippen LogP contribution < -0.4 is 5.73 Å². The fourth-order valence-electron chi connectivity index (χ4n) is 3.96. The minimum absolute atomic E-state index is 0.00684. The first-order valence-corrected chi connectivity index (χ1v) is 9.49. The molecule has 0 radical (unpaired) electrons. The maximum Gasteiger partial charge on any atom is 0.167 e. The van der Waals surface area contributed by atoms with Gasteiger partial charge in [-0.3, -0.25) is 9.36 Å². The molecular formula is C22H17ClN4O. The van der Waals surface area contributed by atoms with Crippen molar-refractivity contribution in [3.63, 3.8) is 0 Å². The Labute approximate surface area is 166 Å². The predicted molar refractivity (Wildman–Crippen MR) is 110 cm³/mol. The molecule has 0 fully saturated rings. The average Bonchev–Trinajstić information content (AvgIpc) is 3.12. The summed E-state index contributed by atoms with van der Waals surface area (Å²) in [5.41, 5.74) is 11.3. The molecule has 0 saturated heterocycles. The standard InChI is InChI=1S/C22H17ClN4O/c23-15-6-4-5-13(9-15)14-10-17-19(18(28)11-14)20(24)21-22(26-17)27(12-25-21)16-7-2-1-3-8-16/h1-9,12,14H,10-11H2,(H2,24,26)/t14-/m1/s1. The molecule has 28 heavy (non-hydrogen) atoms. The van der Waals surface area contributed by atoms with E-state index in [1.54, 1.807) is 6.33 Å². The van der Waals surface area contributed by atoms with Gasteiger partial charge in [0.05, 0.1) is 16.9 Å². The van der Waals surface area contributed by atoms with Crippen molar-refractivity contribution in [2.24, 2.45) is 0 Å². The van der Waals surface area contributed by atoms with Gasteiger partial charge in [0.1, 0.15) is 11.8 Å². The van der Waals surface area contributed by atoms with Crippen LogP contribution in [0.15, 0.2) is 60.9 Å². The van der Waals surface area contributed by atoms with E-state index in [-0.39, 0.29) is 11.7 Å². The molecule has 0 saturated carbocycles. The summed E-state index contributed by atoms with van der Waals surface area (Å²) in [6, 6.07) is 17.5. The van der Waals surface area contributed by atoms with Crippen molar-refractivity contribution in [3.05, 3.63) is 82.8 Å². The van der Waals surface area contributed by atoms with Crippen LogP contribution in [0.5, 0.6) is 0 Å². The Balaban J connectivity index is 1.65. The van der Waals surface area contributed by atoms with Gasteiger partial charge in [-0.15, -0.1) is 0 Å². The highest BCUT2D eigenvalue weighted by Gasteiger charge is 2.31. The van der Waals surface area contributed by atoms with Crippen molar-refractivity contribution in [1.82, 2.24) is 14.5 Å². The molecule has 2 aromatic carbocycles. The Hall–Kier alpha value is -3.18. The number of nitrogen functional groups attached to an aromatic ring is 1. The van der Waals surface area contributed by atoms with E-state index >= 15 is 0 Å². The quantitative estimate of drug-likeness (QED) is 0.546. The number of rotatable bonds is 2. The van der Waals surface area contributed by atoms with E-state index < -0.39 is 0 Å². The number of anilines is 1. The number of nitrogens with zero attached hydrogens (tertiary/aromatic N) is 3. The van der Waals surface area contributed by atoms with E-state index in [2.05, 4.69) is 4.98 Å². The molecule has 0 aliphatic heterocycles. The summed E-state index contributed by atoms with van der Waals surface area (Å²) < 4.78 is 1.90. The number of nitrogens with two attached hydrogens (primary N) is 1. The maximum absolute atomic E-state index is 12.9. The SMILES string of the molecule is Nc1c2c(nc3c1ncn3-c1ccccc1)C[C@@H](c1cccc(Cl)c1)CC2=O. The van der Waals surface area contributed by atoms with Gasteiger partial charge in [0.15, 0.2) is 11.4 Å². The molecule has 5 nitrogen and oxygen atoms in total. The number of ketones is 1. The van der Waals surface area contributed by atoms with Gasteiger partial charge in [-0.1, -0.05) is 41.9 Å². The largest absolute Gasteiger partial charge is 0.396 e. The summed E-state index contributed by atoms with van der Waals surface area (Å²) in [5, 5.41) is 0.667. The highest BCUT2D eigenvalue weighted by atomic mass is 35.5. The molecule has 0 amide bonds. The topological polar surface area (TPSA) is 73.8 Å². The zero-order valence-electron chi connectivity index (χ0n) is 15.0. The van der Waals surface area contributed by atoms with Gasteiger partial charge in [0, 0.05) is 17.1 Å². The van der Waals surface area contributed by atoms with Crippen molar-refractivity contribution in [2.45, 2.75) is 18.8 Å². The Morgan fingerprint density at radius 1 is 1.07 bits per heavy atom. The first kappa shape index (κ1) is 17.0. The van der Waals surface area contributed by atoms with Crippen LogP contribution in [0.1, 0.15) is 34.0 Å². The Bertz CT molecular complexity index is 1220. The van der Waals surface area contributed by atoms with E-state index in [4.69, 9.17) is 22.3 Å². The summed E-state index contributed by atoms with van der Waals surface area (Å²) in [6.07, 6.45) is 2.74. The number of carbonyl (C=O) groups excluding carboxylic acids is 1. The molecule has 1 atom stereocenters. The summed E-state index contributed by atoms with van der Waals surface area (Å²) in [4.78, 5) is 22.2. The number of benzene rings is 2. The lowest BCUT2D eigenvalue weighted by atomic mass is 9.81. The number of fused-ring (bicyclic) bond motifs is 2. The van der Waals surface area contributed by atoms with Crippen LogP contribution in [-0.2, 0) is 6.42 Å². The molecule has 0 bridgehead atoms. The molecule has 2 N–H and O–H groups in total. The van der Waals surface area contributed by atoms with Gasteiger partial charge in [-0.05, 0) is 42.2 Å². The number of halogens is 1. The number of carbonyl (C=O) groups is 1. The molecule has 6 heteroatoms. The van der Waals surface area contributed by atoms with Crippen LogP contribution in [0.25, 0.3) is 16.9 Å². The number of hydrogen-bond donors (Lipinski definition) is 1. The van der Waals surface area contributed by atoms with Gasteiger partial charge >= 0.3 is 0 Å². The minimum Gasteiger partial charge on any atom is -0.396 e.